The number of aromatic amines is 1. The monoisotopic (exact) mass is 234 g/mol. The topological polar surface area (TPSA) is 88.4 Å². The molecule has 0 spiro atoms. The molecule has 1 saturated heterocycles. The Morgan fingerprint density at radius 3 is 3.18 bits per heavy atom. The first-order valence-corrected chi connectivity index (χ1v) is 5.65. The van der Waals surface area contributed by atoms with Crippen LogP contribution >= 0.6 is 0 Å². The molecule has 0 bridgehead atoms. The molecule has 0 aliphatic carbocycles. The lowest BCUT2D eigenvalue weighted by Crippen LogP contribution is -2.24. The van der Waals surface area contributed by atoms with E-state index in [4.69, 9.17) is 0 Å². The fourth-order valence-electron chi connectivity index (χ4n) is 2.27. The number of tetrazole rings is 1. The van der Waals surface area contributed by atoms with E-state index in [0.717, 1.165) is 31.0 Å². The van der Waals surface area contributed by atoms with Crippen LogP contribution in [0.3, 0.4) is 0 Å². The highest BCUT2D eigenvalue weighted by Gasteiger charge is 2.28. The van der Waals surface area contributed by atoms with Gasteiger partial charge in [0.25, 0.3) is 0 Å². The summed E-state index contributed by atoms with van der Waals surface area (Å²) in [6.45, 7) is 1.74. The number of likely N-dealkylation sites (tertiary alicyclic amines) is 1. The molecule has 17 heavy (non-hydrogen) atoms. The third kappa shape index (κ3) is 2.03. The molecule has 0 amide bonds. The summed E-state index contributed by atoms with van der Waals surface area (Å²) in [5.74, 6) is 1.67. The smallest absolute Gasteiger partial charge is 0.188 e. The lowest BCUT2D eigenvalue weighted by Gasteiger charge is -2.20. The minimum absolute atomic E-state index is 0.293. The predicted octanol–water partition coefficient (Wildman–Crippen LogP) is -0.335. The van der Waals surface area contributed by atoms with Crippen molar-refractivity contribution in [3.8, 4) is 0 Å². The summed E-state index contributed by atoms with van der Waals surface area (Å²) in [5, 5.41) is 18.9. The van der Waals surface area contributed by atoms with E-state index in [1.807, 2.05) is 0 Å². The largest absolute Gasteiger partial charge is 0.286 e. The van der Waals surface area contributed by atoms with Crippen LogP contribution < -0.4 is 0 Å². The van der Waals surface area contributed by atoms with Gasteiger partial charge in [-0.05, 0) is 24.6 Å². The highest BCUT2D eigenvalue weighted by atomic mass is 15.6. The number of H-pyrrole nitrogens is 1. The first-order valence-electron chi connectivity index (χ1n) is 5.65. The van der Waals surface area contributed by atoms with Crippen molar-refractivity contribution in [2.24, 2.45) is 7.05 Å². The molecule has 2 aromatic heterocycles. The number of aryl methyl sites for hydroxylation is 1. The average molecular weight is 234 g/mol. The number of nitrogens with one attached hydrogen (secondary N) is 1. The lowest BCUT2D eigenvalue weighted by molar-refractivity contribution is 0.234. The normalized spacial score (nSPS) is 21.1. The average Bonchev–Trinajstić information content (AvgIpc) is 3.00. The molecular weight excluding hydrogens is 220 g/mol. The molecule has 0 unspecified atom stereocenters. The summed E-state index contributed by atoms with van der Waals surface area (Å²) in [7, 11) is 1.77. The standard InChI is InChI=1S/C9H14N8/c1-16-14-8(12-15-16)5-17-4-2-3-7(17)9-10-6-11-13-9/h6-7H,2-5H2,1H3,(H,10,11,13)/t7-/m0/s1. The Labute approximate surface area is 98.0 Å². The van der Waals surface area contributed by atoms with Crippen molar-refractivity contribution < 1.29 is 0 Å². The van der Waals surface area contributed by atoms with Crippen molar-refractivity contribution in [2.45, 2.75) is 25.4 Å². The number of nitrogens with zero attached hydrogens (tertiary/aromatic N) is 7. The van der Waals surface area contributed by atoms with Crippen LogP contribution in [0.5, 0.6) is 0 Å². The van der Waals surface area contributed by atoms with Gasteiger partial charge >= 0.3 is 0 Å². The van der Waals surface area contributed by atoms with Crippen LogP contribution in [0.15, 0.2) is 6.33 Å². The van der Waals surface area contributed by atoms with Gasteiger partial charge in [-0.3, -0.25) is 10.00 Å². The van der Waals surface area contributed by atoms with E-state index in [9.17, 15) is 0 Å². The molecule has 1 aliphatic rings. The van der Waals surface area contributed by atoms with Gasteiger partial charge in [-0.1, -0.05) is 0 Å². The van der Waals surface area contributed by atoms with Gasteiger partial charge in [-0.15, -0.1) is 10.2 Å². The van der Waals surface area contributed by atoms with Gasteiger partial charge in [0, 0.05) is 0 Å². The Morgan fingerprint density at radius 1 is 1.53 bits per heavy atom. The molecule has 1 N–H and O–H groups in total. The number of aromatic nitrogens is 7. The highest BCUT2D eigenvalue weighted by Crippen LogP contribution is 2.30. The zero-order valence-corrected chi connectivity index (χ0v) is 9.61. The van der Waals surface area contributed by atoms with E-state index in [0.29, 0.717) is 12.6 Å². The molecule has 8 nitrogen and oxygen atoms in total. The van der Waals surface area contributed by atoms with Crippen molar-refractivity contribution in [1.29, 1.82) is 0 Å². The zero-order chi connectivity index (χ0) is 11.7. The Bertz CT molecular complexity index is 475. The second-order valence-electron chi connectivity index (χ2n) is 4.19. The Hall–Kier alpha value is -1.83. The molecule has 0 aromatic carbocycles. The highest BCUT2D eigenvalue weighted by molar-refractivity contribution is 4.97. The van der Waals surface area contributed by atoms with Crippen molar-refractivity contribution >= 4 is 0 Å². The summed E-state index contributed by atoms with van der Waals surface area (Å²) in [4.78, 5) is 8.01. The molecule has 2 aromatic rings. The summed E-state index contributed by atoms with van der Waals surface area (Å²) in [6.07, 6.45) is 3.80. The first kappa shape index (κ1) is 10.3. The van der Waals surface area contributed by atoms with Gasteiger partial charge in [-0.2, -0.15) is 9.90 Å². The molecule has 3 rings (SSSR count). The van der Waals surface area contributed by atoms with Crippen molar-refractivity contribution in [3.63, 3.8) is 0 Å². The van der Waals surface area contributed by atoms with Gasteiger partial charge < -0.3 is 0 Å². The Morgan fingerprint density at radius 2 is 2.47 bits per heavy atom. The Kier molecular flexibility index (Phi) is 2.56. The quantitative estimate of drug-likeness (QED) is 0.782. The molecule has 1 fully saturated rings. The summed E-state index contributed by atoms with van der Waals surface area (Å²) >= 11 is 0. The van der Waals surface area contributed by atoms with E-state index in [1.165, 1.54) is 4.80 Å². The van der Waals surface area contributed by atoms with Crippen molar-refractivity contribution in [2.75, 3.05) is 6.54 Å². The molecule has 1 aliphatic heterocycles. The molecule has 0 saturated carbocycles. The van der Waals surface area contributed by atoms with Gasteiger partial charge in [0.2, 0.25) is 0 Å². The zero-order valence-electron chi connectivity index (χ0n) is 9.61. The van der Waals surface area contributed by atoms with E-state index in [-0.39, 0.29) is 0 Å². The maximum atomic E-state index is 4.23. The van der Waals surface area contributed by atoms with E-state index in [1.54, 1.807) is 13.4 Å². The summed E-state index contributed by atoms with van der Waals surface area (Å²) in [6, 6.07) is 0.293. The second-order valence-corrected chi connectivity index (χ2v) is 4.19. The predicted molar refractivity (Wildman–Crippen MR) is 57.6 cm³/mol. The maximum Gasteiger partial charge on any atom is 0.188 e. The number of rotatable bonds is 3. The van der Waals surface area contributed by atoms with E-state index >= 15 is 0 Å². The molecule has 8 heteroatoms. The fourth-order valence-corrected chi connectivity index (χ4v) is 2.27. The SMILES string of the molecule is Cn1nnc(CN2CCC[C@H]2c2ncn[nH]2)n1. The second kappa shape index (κ2) is 4.21. The Balaban J connectivity index is 1.74. The first-order chi connectivity index (χ1) is 8.33. The van der Waals surface area contributed by atoms with E-state index < -0.39 is 0 Å². The van der Waals surface area contributed by atoms with Gasteiger partial charge in [-0.25, -0.2) is 4.98 Å². The fraction of sp³-hybridized carbons (Fsp3) is 0.667. The van der Waals surface area contributed by atoms with E-state index in [2.05, 4.69) is 35.5 Å². The number of hydrogen-bond donors (Lipinski definition) is 1. The maximum absolute atomic E-state index is 4.23. The van der Waals surface area contributed by atoms with Crippen LogP contribution in [0.1, 0.15) is 30.5 Å². The van der Waals surface area contributed by atoms with Crippen molar-refractivity contribution in [3.05, 3.63) is 18.0 Å². The van der Waals surface area contributed by atoms with Crippen molar-refractivity contribution in [1.82, 2.24) is 40.3 Å². The van der Waals surface area contributed by atoms with Crippen LogP contribution in [0.25, 0.3) is 0 Å². The van der Waals surface area contributed by atoms with Crippen LogP contribution in [-0.4, -0.2) is 46.8 Å². The molecule has 1 atom stereocenters. The minimum Gasteiger partial charge on any atom is -0.286 e. The third-order valence-corrected chi connectivity index (χ3v) is 3.01. The number of hydrogen-bond acceptors (Lipinski definition) is 6. The van der Waals surface area contributed by atoms with Crippen LogP contribution in [-0.2, 0) is 13.6 Å². The minimum atomic E-state index is 0.293. The summed E-state index contributed by atoms with van der Waals surface area (Å²) in [5.41, 5.74) is 0. The van der Waals surface area contributed by atoms with Crippen LogP contribution in [0.4, 0.5) is 0 Å². The van der Waals surface area contributed by atoms with Gasteiger partial charge in [0.05, 0.1) is 19.6 Å². The van der Waals surface area contributed by atoms with Crippen LogP contribution in [0.2, 0.25) is 0 Å². The molecule has 90 valence electrons. The van der Waals surface area contributed by atoms with Gasteiger partial charge in [0.1, 0.15) is 12.2 Å². The van der Waals surface area contributed by atoms with Crippen LogP contribution in [0, 0.1) is 0 Å². The summed E-state index contributed by atoms with van der Waals surface area (Å²) < 4.78 is 0. The lowest BCUT2D eigenvalue weighted by atomic mass is 10.2. The molecule has 0 radical (unpaired) electrons. The third-order valence-electron chi connectivity index (χ3n) is 3.01. The molecule has 3 heterocycles. The van der Waals surface area contributed by atoms with Gasteiger partial charge in [0.15, 0.2) is 5.82 Å². The molecular formula is C9H14N8.